The molecule has 0 bridgehead atoms. The molecule has 68 valence electrons. The molecule has 1 aromatic rings. The summed E-state index contributed by atoms with van der Waals surface area (Å²) < 4.78 is 40.1. The van der Waals surface area contributed by atoms with Crippen LogP contribution in [-0.2, 0) is 0 Å². The van der Waals surface area contributed by atoms with Crippen molar-refractivity contribution in [1.29, 1.82) is 0 Å². The average molecular weight is 217 g/mol. The minimum absolute atomic E-state index is 0. The molecule has 0 fully saturated rings. The zero-order valence-electron chi connectivity index (χ0n) is 7.72. The molecule has 0 saturated heterocycles. The van der Waals surface area contributed by atoms with Gasteiger partial charge in [0.2, 0.25) is 0 Å². The van der Waals surface area contributed by atoms with Crippen molar-refractivity contribution in [2.75, 3.05) is 0 Å². The summed E-state index contributed by atoms with van der Waals surface area (Å²) in [5, 5.41) is 3.30. The SMILES string of the molecule is CC(C)c1cc([B-](F)(F)F)on1.[K+]. The Balaban J connectivity index is 0.00000144. The third-order valence-corrected chi connectivity index (χ3v) is 1.46. The summed E-state index contributed by atoms with van der Waals surface area (Å²) in [6.45, 7) is -1.53. The van der Waals surface area contributed by atoms with E-state index in [1.54, 1.807) is 13.8 Å². The van der Waals surface area contributed by atoms with Crippen molar-refractivity contribution < 1.29 is 68.9 Å². The molecule has 0 saturated carbocycles. The van der Waals surface area contributed by atoms with Crippen LogP contribution in [0.2, 0.25) is 0 Å². The molecular weight excluding hydrogens is 209 g/mol. The summed E-state index contributed by atoms with van der Waals surface area (Å²) >= 11 is 0. The van der Waals surface area contributed by atoms with Crippen molar-refractivity contribution >= 4 is 12.6 Å². The number of hydrogen-bond donors (Lipinski definition) is 0. The second-order valence-corrected chi connectivity index (χ2v) is 2.88. The van der Waals surface area contributed by atoms with Crippen molar-refractivity contribution in [1.82, 2.24) is 5.16 Å². The summed E-state index contributed by atoms with van der Waals surface area (Å²) in [7, 11) is 0. The van der Waals surface area contributed by atoms with E-state index in [1.165, 1.54) is 0 Å². The van der Waals surface area contributed by atoms with Crippen LogP contribution in [0.15, 0.2) is 10.6 Å². The number of nitrogens with zero attached hydrogens (tertiary/aromatic N) is 1. The molecule has 0 atom stereocenters. The van der Waals surface area contributed by atoms with Crippen LogP contribution >= 0.6 is 0 Å². The van der Waals surface area contributed by atoms with Gasteiger partial charge in [-0.25, -0.2) is 0 Å². The first kappa shape index (κ1) is 13.7. The third kappa shape index (κ3) is 3.75. The molecule has 0 unspecified atom stereocenters. The molecule has 7 heteroatoms. The number of aromatic nitrogens is 1. The van der Waals surface area contributed by atoms with E-state index >= 15 is 0 Å². The first-order chi connectivity index (χ1) is 5.41. The van der Waals surface area contributed by atoms with Gasteiger partial charge in [-0.1, -0.05) is 19.0 Å². The van der Waals surface area contributed by atoms with E-state index in [4.69, 9.17) is 0 Å². The molecule has 0 aromatic carbocycles. The van der Waals surface area contributed by atoms with Crippen molar-refractivity contribution in [3.8, 4) is 0 Å². The molecule has 1 heterocycles. The quantitative estimate of drug-likeness (QED) is 0.585. The predicted octanol–water partition coefficient (Wildman–Crippen LogP) is -1.14. The standard InChI is InChI=1S/C6H8BF3NO.K/c1-4(2)5-3-6(12-11-5)7(8,9)10;/h3-4H,1-2H3;/q-1;+1. The summed E-state index contributed by atoms with van der Waals surface area (Å²) in [5.74, 6) is -0.0411. The first-order valence-electron chi connectivity index (χ1n) is 3.57. The van der Waals surface area contributed by atoms with Gasteiger partial charge in [0, 0.05) is 0 Å². The van der Waals surface area contributed by atoms with Crippen molar-refractivity contribution in [3.63, 3.8) is 0 Å². The monoisotopic (exact) mass is 217 g/mol. The van der Waals surface area contributed by atoms with Crippen molar-refractivity contribution in [3.05, 3.63) is 11.8 Å². The van der Waals surface area contributed by atoms with Crippen LogP contribution in [0, 0.1) is 0 Å². The Morgan fingerprint density at radius 1 is 1.38 bits per heavy atom. The Hall–Kier alpha value is 0.701. The largest absolute Gasteiger partial charge is 1.00 e. The van der Waals surface area contributed by atoms with Gasteiger partial charge in [-0.05, 0) is 12.0 Å². The van der Waals surface area contributed by atoms with E-state index in [2.05, 4.69) is 9.68 Å². The second-order valence-electron chi connectivity index (χ2n) is 2.88. The van der Waals surface area contributed by atoms with Gasteiger partial charge in [-0.2, -0.15) is 0 Å². The van der Waals surface area contributed by atoms with Crippen LogP contribution in [-0.4, -0.2) is 12.1 Å². The third-order valence-electron chi connectivity index (χ3n) is 1.46. The molecule has 1 aromatic heterocycles. The van der Waals surface area contributed by atoms with E-state index in [1.807, 2.05) is 0 Å². The van der Waals surface area contributed by atoms with Crippen molar-refractivity contribution in [2.45, 2.75) is 19.8 Å². The van der Waals surface area contributed by atoms with Crippen LogP contribution in [0.3, 0.4) is 0 Å². The van der Waals surface area contributed by atoms with Crippen LogP contribution in [0.4, 0.5) is 12.9 Å². The summed E-state index contributed by atoms with van der Waals surface area (Å²) in [6.07, 6.45) is 0. The van der Waals surface area contributed by atoms with Gasteiger partial charge in [-0.15, -0.1) is 0 Å². The van der Waals surface area contributed by atoms with Crippen LogP contribution < -0.4 is 57.0 Å². The van der Waals surface area contributed by atoms with Gasteiger partial charge in [0.05, 0.1) is 11.4 Å². The van der Waals surface area contributed by atoms with Gasteiger partial charge in [0.1, 0.15) is 0 Å². The molecule has 0 spiro atoms. The first-order valence-corrected chi connectivity index (χ1v) is 3.57. The fraction of sp³-hybridized carbons (Fsp3) is 0.500. The summed E-state index contributed by atoms with van der Waals surface area (Å²) in [5.41, 5.74) is -0.636. The molecular formula is C6H8BF3KNO. The maximum absolute atomic E-state index is 12.0. The Labute approximate surface area is 117 Å². The number of halogens is 3. The van der Waals surface area contributed by atoms with Crippen LogP contribution in [0.25, 0.3) is 0 Å². The topological polar surface area (TPSA) is 26.0 Å². The molecule has 13 heavy (non-hydrogen) atoms. The molecule has 2 nitrogen and oxygen atoms in total. The molecule has 1 rings (SSSR count). The Morgan fingerprint density at radius 2 is 1.92 bits per heavy atom. The zero-order chi connectivity index (χ0) is 9.35. The normalized spacial score (nSPS) is 11.5. The maximum atomic E-state index is 12.0. The molecule has 0 radical (unpaired) electrons. The van der Waals surface area contributed by atoms with Gasteiger partial charge in [-0.3, -0.25) is 0 Å². The molecule has 0 N–H and O–H groups in total. The zero-order valence-corrected chi connectivity index (χ0v) is 10.8. The number of hydrogen-bond acceptors (Lipinski definition) is 2. The summed E-state index contributed by atoms with van der Waals surface area (Å²) in [4.78, 5) is 0. The van der Waals surface area contributed by atoms with Crippen molar-refractivity contribution in [2.24, 2.45) is 0 Å². The molecule has 0 aliphatic heterocycles. The Kier molecular flexibility index (Phi) is 5.24. The van der Waals surface area contributed by atoms with E-state index in [-0.39, 0.29) is 57.3 Å². The van der Waals surface area contributed by atoms with E-state index in [0.717, 1.165) is 6.07 Å². The van der Waals surface area contributed by atoms with Gasteiger partial charge < -0.3 is 17.5 Å². The van der Waals surface area contributed by atoms with Gasteiger partial charge >= 0.3 is 58.4 Å². The van der Waals surface area contributed by atoms with Crippen LogP contribution in [0.5, 0.6) is 0 Å². The Morgan fingerprint density at radius 3 is 2.15 bits per heavy atom. The maximum Gasteiger partial charge on any atom is 1.00 e. The second kappa shape index (κ2) is 4.97. The van der Waals surface area contributed by atoms with Gasteiger partial charge in [0.25, 0.3) is 0 Å². The summed E-state index contributed by atoms with van der Waals surface area (Å²) in [6, 6.07) is 0.949. The average Bonchev–Trinajstić information content (AvgIpc) is 2.30. The fourth-order valence-corrected chi connectivity index (χ4v) is 0.730. The van der Waals surface area contributed by atoms with E-state index in [0.29, 0.717) is 5.69 Å². The van der Waals surface area contributed by atoms with Crippen LogP contribution in [0.1, 0.15) is 25.5 Å². The van der Waals surface area contributed by atoms with Gasteiger partial charge in [0.15, 0.2) is 0 Å². The van der Waals surface area contributed by atoms with E-state index < -0.39 is 12.6 Å². The molecule has 0 aliphatic rings. The van der Waals surface area contributed by atoms with E-state index in [9.17, 15) is 12.9 Å². The minimum atomic E-state index is -5.04. The molecule has 0 amide bonds. The number of rotatable bonds is 2. The smallest absolute Gasteiger partial charge is 0.443 e. The fourth-order valence-electron chi connectivity index (χ4n) is 0.730. The predicted molar refractivity (Wildman–Crippen MR) is 39.3 cm³/mol. The molecule has 0 aliphatic carbocycles. The Bertz CT molecular complexity index is 273. The minimum Gasteiger partial charge on any atom is -0.443 e.